The van der Waals surface area contributed by atoms with E-state index in [1.165, 1.54) is 11.3 Å². The largest absolute Gasteiger partial charge is 0.320 e. The minimum atomic E-state index is 1.05. The van der Waals surface area contributed by atoms with Gasteiger partial charge < -0.3 is 5.32 Å². The molecule has 0 aliphatic heterocycles. The number of halogens is 1. The molecule has 1 aromatic carbocycles. The molecule has 0 saturated carbocycles. The highest BCUT2D eigenvalue weighted by Crippen LogP contribution is 2.25. The van der Waals surface area contributed by atoms with Gasteiger partial charge >= 0.3 is 0 Å². The van der Waals surface area contributed by atoms with E-state index in [1.807, 2.05) is 7.05 Å². The molecule has 2 aromatic rings. The lowest BCUT2D eigenvalue weighted by Crippen LogP contribution is -2.08. The zero-order valence-electron chi connectivity index (χ0n) is 9.74. The Morgan fingerprint density at radius 1 is 1.29 bits per heavy atom. The number of nitrogens with zero attached hydrogens (tertiary/aromatic N) is 1. The van der Waals surface area contributed by atoms with Crippen molar-refractivity contribution in [2.75, 3.05) is 13.6 Å². The fraction of sp³-hybridized carbons (Fsp3) is 0.308. The van der Waals surface area contributed by atoms with Crippen molar-refractivity contribution >= 4 is 27.3 Å². The molecule has 1 aromatic heterocycles. The van der Waals surface area contributed by atoms with Crippen LogP contribution < -0.4 is 5.32 Å². The molecule has 0 atom stereocenters. The standard InChI is InChI=1S/C13H15BrN2S/c1-15-8-2-3-12-9-17-13(16-12)10-4-6-11(14)7-5-10/h4-7,9,15H,2-3,8H2,1H3. The number of thiazole rings is 1. The van der Waals surface area contributed by atoms with Crippen LogP contribution in [0.5, 0.6) is 0 Å². The minimum absolute atomic E-state index is 1.05. The first-order valence-electron chi connectivity index (χ1n) is 5.64. The molecule has 2 nitrogen and oxygen atoms in total. The SMILES string of the molecule is CNCCCc1csc(-c2ccc(Br)cc2)n1. The van der Waals surface area contributed by atoms with Gasteiger partial charge in [-0.1, -0.05) is 28.1 Å². The molecule has 0 unspecified atom stereocenters. The van der Waals surface area contributed by atoms with Gasteiger partial charge in [0.15, 0.2) is 0 Å². The maximum atomic E-state index is 4.66. The first-order valence-corrected chi connectivity index (χ1v) is 7.32. The molecule has 4 heteroatoms. The van der Waals surface area contributed by atoms with Crippen molar-refractivity contribution in [2.24, 2.45) is 0 Å². The van der Waals surface area contributed by atoms with Gasteiger partial charge in [0.25, 0.3) is 0 Å². The Hall–Kier alpha value is -0.710. The van der Waals surface area contributed by atoms with Gasteiger partial charge in [-0.2, -0.15) is 0 Å². The second-order valence-corrected chi connectivity index (χ2v) is 5.63. The highest BCUT2D eigenvalue weighted by atomic mass is 79.9. The van der Waals surface area contributed by atoms with E-state index in [1.54, 1.807) is 11.3 Å². The topological polar surface area (TPSA) is 24.9 Å². The van der Waals surface area contributed by atoms with E-state index in [9.17, 15) is 0 Å². The van der Waals surface area contributed by atoms with E-state index in [-0.39, 0.29) is 0 Å². The third kappa shape index (κ3) is 3.63. The molecular formula is C13H15BrN2S. The molecule has 1 heterocycles. The molecule has 0 spiro atoms. The smallest absolute Gasteiger partial charge is 0.123 e. The number of rotatable bonds is 5. The van der Waals surface area contributed by atoms with Crippen molar-refractivity contribution < 1.29 is 0 Å². The summed E-state index contributed by atoms with van der Waals surface area (Å²) in [5.41, 5.74) is 2.39. The maximum absolute atomic E-state index is 4.66. The van der Waals surface area contributed by atoms with E-state index in [2.05, 4.69) is 55.9 Å². The number of nitrogens with one attached hydrogen (secondary N) is 1. The Balaban J connectivity index is 2.04. The number of benzene rings is 1. The summed E-state index contributed by atoms with van der Waals surface area (Å²) in [5, 5.41) is 6.42. The van der Waals surface area contributed by atoms with E-state index >= 15 is 0 Å². The predicted octanol–water partition coefficient (Wildman–Crippen LogP) is 3.72. The van der Waals surface area contributed by atoms with Crippen LogP contribution in [0.4, 0.5) is 0 Å². The molecule has 17 heavy (non-hydrogen) atoms. The highest BCUT2D eigenvalue weighted by Gasteiger charge is 2.04. The number of aromatic nitrogens is 1. The van der Waals surface area contributed by atoms with Crippen LogP contribution in [0.1, 0.15) is 12.1 Å². The van der Waals surface area contributed by atoms with Gasteiger partial charge in [0.2, 0.25) is 0 Å². The summed E-state index contributed by atoms with van der Waals surface area (Å²) < 4.78 is 1.10. The normalized spacial score (nSPS) is 10.7. The number of aryl methyl sites for hydroxylation is 1. The fourth-order valence-corrected chi connectivity index (χ4v) is 2.72. The van der Waals surface area contributed by atoms with Crippen LogP contribution in [0.25, 0.3) is 10.6 Å². The number of hydrogen-bond acceptors (Lipinski definition) is 3. The Kier molecular flexibility index (Phi) is 4.71. The lowest BCUT2D eigenvalue weighted by Gasteiger charge is -1.97. The second kappa shape index (κ2) is 6.28. The average Bonchev–Trinajstić information content (AvgIpc) is 2.79. The maximum Gasteiger partial charge on any atom is 0.123 e. The molecule has 1 N–H and O–H groups in total. The van der Waals surface area contributed by atoms with Crippen molar-refractivity contribution in [2.45, 2.75) is 12.8 Å². The van der Waals surface area contributed by atoms with Gasteiger partial charge in [0, 0.05) is 15.4 Å². The Labute approximate surface area is 114 Å². The average molecular weight is 311 g/mol. The molecule has 0 saturated heterocycles. The van der Waals surface area contributed by atoms with Gasteiger partial charge in [-0.25, -0.2) is 4.98 Å². The van der Waals surface area contributed by atoms with Gasteiger partial charge in [-0.3, -0.25) is 0 Å². The molecule has 2 rings (SSSR count). The molecule has 90 valence electrons. The zero-order chi connectivity index (χ0) is 12.1. The van der Waals surface area contributed by atoms with Gasteiger partial charge in [-0.15, -0.1) is 11.3 Å². The lowest BCUT2D eigenvalue weighted by atomic mass is 10.2. The van der Waals surface area contributed by atoms with Gasteiger partial charge in [-0.05, 0) is 38.6 Å². The van der Waals surface area contributed by atoms with Crippen LogP contribution in [-0.2, 0) is 6.42 Å². The molecule has 0 amide bonds. The Morgan fingerprint density at radius 3 is 2.76 bits per heavy atom. The summed E-state index contributed by atoms with van der Waals surface area (Å²) in [6.45, 7) is 1.05. The molecule has 0 aliphatic rings. The molecule has 0 fully saturated rings. The minimum Gasteiger partial charge on any atom is -0.320 e. The summed E-state index contributed by atoms with van der Waals surface area (Å²) in [6.07, 6.45) is 2.19. The summed E-state index contributed by atoms with van der Waals surface area (Å²) >= 11 is 5.16. The van der Waals surface area contributed by atoms with Crippen molar-refractivity contribution in [3.05, 3.63) is 39.8 Å². The Bertz CT molecular complexity index is 465. The van der Waals surface area contributed by atoms with Crippen molar-refractivity contribution in [3.63, 3.8) is 0 Å². The highest BCUT2D eigenvalue weighted by molar-refractivity contribution is 9.10. The van der Waals surface area contributed by atoms with E-state index in [0.29, 0.717) is 0 Å². The molecule has 0 aliphatic carbocycles. The fourth-order valence-electron chi connectivity index (χ4n) is 1.59. The van der Waals surface area contributed by atoms with Crippen LogP contribution in [-0.4, -0.2) is 18.6 Å². The third-order valence-corrected chi connectivity index (χ3v) is 3.97. The third-order valence-electron chi connectivity index (χ3n) is 2.50. The zero-order valence-corrected chi connectivity index (χ0v) is 12.1. The van der Waals surface area contributed by atoms with Crippen LogP contribution in [0, 0.1) is 0 Å². The van der Waals surface area contributed by atoms with Crippen LogP contribution in [0.15, 0.2) is 34.1 Å². The summed E-state index contributed by atoms with van der Waals surface area (Å²) in [7, 11) is 1.98. The summed E-state index contributed by atoms with van der Waals surface area (Å²) in [5.74, 6) is 0. The summed E-state index contributed by atoms with van der Waals surface area (Å²) in [6, 6.07) is 8.30. The number of hydrogen-bond donors (Lipinski definition) is 1. The molecule has 0 bridgehead atoms. The van der Waals surface area contributed by atoms with Crippen LogP contribution in [0.3, 0.4) is 0 Å². The predicted molar refractivity (Wildman–Crippen MR) is 77.5 cm³/mol. The first kappa shape index (κ1) is 12.7. The molecule has 0 radical (unpaired) electrons. The van der Waals surface area contributed by atoms with Crippen molar-refractivity contribution in [1.29, 1.82) is 0 Å². The van der Waals surface area contributed by atoms with Crippen molar-refractivity contribution in [1.82, 2.24) is 10.3 Å². The quantitative estimate of drug-likeness (QED) is 0.851. The van der Waals surface area contributed by atoms with E-state index in [4.69, 9.17) is 0 Å². The molecular weight excluding hydrogens is 296 g/mol. The van der Waals surface area contributed by atoms with Crippen LogP contribution >= 0.6 is 27.3 Å². The van der Waals surface area contributed by atoms with Gasteiger partial charge in [0.05, 0.1) is 5.69 Å². The second-order valence-electron chi connectivity index (χ2n) is 3.86. The van der Waals surface area contributed by atoms with Gasteiger partial charge in [0.1, 0.15) is 5.01 Å². The van der Waals surface area contributed by atoms with E-state index < -0.39 is 0 Å². The Morgan fingerprint density at radius 2 is 2.06 bits per heavy atom. The van der Waals surface area contributed by atoms with Crippen LogP contribution in [0.2, 0.25) is 0 Å². The van der Waals surface area contributed by atoms with E-state index in [0.717, 1.165) is 28.9 Å². The van der Waals surface area contributed by atoms with Crippen molar-refractivity contribution in [3.8, 4) is 10.6 Å². The first-order chi connectivity index (χ1) is 8.29. The monoisotopic (exact) mass is 310 g/mol. The lowest BCUT2D eigenvalue weighted by molar-refractivity contribution is 0.718. The summed E-state index contributed by atoms with van der Waals surface area (Å²) in [4.78, 5) is 4.66.